The highest BCUT2D eigenvalue weighted by Crippen LogP contribution is 2.36. The quantitative estimate of drug-likeness (QED) is 0.839. The summed E-state index contributed by atoms with van der Waals surface area (Å²) < 4.78 is 23.8. The Morgan fingerprint density at radius 1 is 1.24 bits per heavy atom. The van der Waals surface area contributed by atoms with Crippen LogP contribution in [0.1, 0.15) is 62.6 Å². The van der Waals surface area contributed by atoms with E-state index in [0.717, 1.165) is 18.5 Å². The van der Waals surface area contributed by atoms with E-state index in [1.807, 2.05) is 0 Å². The minimum atomic E-state index is -3.06. The van der Waals surface area contributed by atoms with Crippen LogP contribution in [0.2, 0.25) is 0 Å². The van der Waals surface area contributed by atoms with Crippen LogP contribution in [0.25, 0.3) is 0 Å². The molecule has 1 aromatic carbocycles. The fraction of sp³-hybridized carbons (Fsp3) is 0.647. The summed E-state index contributed by atoms with van der Waals surface area (Å²) >= 11 is 0. The summed E-state index contributed by atoms with van der Waals surface area (Å²) in [6.07, 6.45) is 6.22. The molecule has 4 heteroatoms. The average molecular weight is 309 g/mol. The molecule has 2 atom stereocenters. The van der Waals surface area contributed by atoms with Gasteiger partial charge in [0.2, 0.25) is 0 Å². The fourth-order valence-corrected chi connectivity index (χ4v) is 3.57. The molecule has 118 valence electrons. The van der Waals surface area contributed by atoms with Crippen LogP contribution in [0.15, 0.2) is 24.3 Å². The maximum absolute atomic E-state index is 11.9. The molecule has 0 bridgehead atoms. The van der Waals surface area contributed by atoms with Crippen molar-refractivity contribution in [3.8, 4) is 0 Å². The van der Waals surface area contributed by atoms with Crippen LogP contribution < -0.4 is 5.32 Å². The van der Waals surface area contributed by atoms with Gasteiger partial charge in [-0.3, -0.25) is 0 Å². The van der Waals surface area contributed by atoms with Crippen molar-refractivity contribution in [3.05, 3.63) is 35.4 Å². The number of hydrogen-bond donors (Lipinski definition) is 1. The molecule has 1 aromatic rings. The molecule has 0 heterocycles. The SMILES string of the molecule is CCCNC(c1ccc(C2CCC2)cc1)C(C)S(C)(=O)=O. The summed E-state index contributed by atoms with van der Waals surface area (Å²) in [4.78, 5) is 0. The van der Waals surface area contributed by atoms with Gasteiger partial charge in [0.15, 0.2) is 9.84 Å². The third kappa shape index (κ3) is 4.07. The van der Waals surface area contributed by atoms with E-state index in [1.165, 1.54) is 31.1 Å². The summed E-state index contributed by atoms with van der Waals surface area (Å²) in [5.74, 6) is 0.716. The van der Waals surface area contributed by atoms with Gasteiger partial charge in [0, 0.05) is 12.3 Å². The molecule has 0 radical (unpaired) electrons. The maximum Gasteiger partial charge on any atom is 0.151 e. The van der Waals surface area contributed by atoms with Crippen LogP contribution in [0, 0.1) is 0 Å². The van der Waals surface area contributed by atoms with Crippen molar-refractivity contribution in [1.29, 1.82) is 0 Å². The number of benzene rings is 1. The highest BCUT2D eigenvalue weighted by molar-refractivity contribution is 7.91. The van der Waals surface area contributed by atoms with Gasteiger partial charge in [-0.2, -0.15) is 0 Å². The van der Waals surface area contributed by atoms with Crippen molar-refractivity contribution in [2.45, 2.75) is 56.7 Å². The molecule has 1 aliphatic carbocycles. The second kappa shape index (κ2) is 6.93. The van der Waals surface area contributed by atoms with Gasteiger partial charge < -0.3 is 5.32 Å². The Balaban J connectivity index is 2.19. The standard InChI is InChI=1S/C17H27NO2S/c1-4-12-18-17(13(2)21(3,19)20)16-10-8-15(9-11-16)14-6-5-7-14/h8-11,13-14,17-18H,4-7,12H2,1-3H3. The molecule has 1 fully saturated rings. The van der Waals surface area contributed by atoms with Gasteiger partial charge in [0.05, 0.1) is 5.25 Å². The number of nitrogens with one attached hydrogen (secondary N) is 1. The molecule has 0 spiro atoms. The first-order valence-electron chi connectivity index (χ1n) is 7.95. The van der Waals surface area contributed by atoms with Crippen LogP contribution in [0.5, 0.6) is 0 Å². The summed E-state index contributed by atoms with van der Waals surface area (Å²) in [6, 6.07) is 8.42. The van der Waals surface area contributed by atoms with Crippen molar-refractivity contribution >= 4 is 9.84 Å². The van der Waals surface area contributed by atoms with Gasteiger partial charge in [-0.05, 0) is 49.8 Å². The van der Waals surface area contributed by atoms with E-state index in [4.69, 9.17) is 0 Å². The molecule has 1 N–H and O–H groups in total. The molecule has 2 rings (SSSR count). The van der Waals surface area contributed by atoms with E-state index >= 15 is 0 Å². The molecule has 1 aliphatic rings. The number of sulfone groups is 1. The lowest BCUT2D eigenvalue weighted by atomic mass is 9.80. The summed E-state index contributed by atoms with van der Waals surface area (Å²) in [7, 11) is -3.06. The van der Waals surface area contributed by atoms with E-state index in [1.54, 1.807) is 6.92 Å². The molecule has 0 amide bonds. The first-order chi connectivity index (χ1) is 9.93. The lowest BCUT2D eigenvalue weighted by Gasteiger charge is -2.28. The van der Waals surface area contributed by atoms with Crippen molar-refractivity contribution < 1.29 is 8.42 Å². The first kappa shape index (κ1) is 16.5. The van der Waals surface area contributed by atoms with Crippen LogP contribution in [-0.2, 0) is 9.84 Å². The second-order valence-corrected chi connectivity index (χ2v) is 8.66. The third-order valence-electron chi connectivity index (χ3n) is 4.63. The van der Waals surface area contributed by atoms with E-state index in [2.05, 4.69) is 36.5 Å². The molecule has 21 heavy (non-hydrogen) atoms. The molecule has 0 aliphatic heterocycles. The van der Waals surface area contributed by atoms with E-state index in [0.29, 0.717) is 5.92 Å². The topological polar surface area (TPSA) is 46.2 Å². The van der Waals surface area contributed by atoms with Crippen molar-refractivity contribution in [3.63, 3.8) is 0 Å². The van der Waals surface area contributed by atoms with E-state index in [-0.39, 0.29) is 6.04 Å². The highest BCUT2D eigenvalue weighted by atomic mass is 32.2. The predicted molar refractivity (Wildman–Crippen MR) is 88.4 cm³/mol. The molecule has 0 saturated heterocycles. The summed E-state index contributed by atoms with van der Waals surface area (Å²) in [5, 5.41) is 2.97. The Hall–Kier alpha value is -0.870. The normalized spacial score (nSPS) is 19.0. The van der Waals surface area contributed by atoms with Crippen molar-refractivity contribution in [2.75, 3.05) is 12.8 Å². The molecular weight excluding hydrogens is 282 g/mol. The minimum absolute atomic E-state index is 0.129. The number of hydrogen-bond acceptors (Lipinski definition) is 3. The Morgan fingerprint density at radius 2 is 1.86 bits per heavy atom. The molecule has 3 nitrogen and oxygen atoms in total. The maximum atomic E-state index is 11.9. The lowest BCUT2D eigenvalue weighted by Crippen LogP contribution is -2.35. The van der Waals surface area contributed by atoms with E-state index in [9.17, 15) is 8.42 Å². The third-order valence-corrected chi connectivity index (χ3v) is 6.25. The Labute approximate surface area is 129 Å². The Bertz CT molecular complexity index is 547. The first-order valence-corrected chi connectivity index (χ1v) is 9.91. The van der Waals surface area contributed by atoms with Crippen LogP contribution in [-0.4, -0.2) is 26.5 Å². The van der Waals surface area contributed by atoms with Gasteiger partial charge in [0.1, 0.15) is 0 Å². The van der Waals surface area contributed by atoms with Gasteiger partial charge in [-0.15, -0.1) is 0 Å². The van der Waals surface area contributed by atoms with Gasteiger partial charge in [0.25, 0.3) is 0 Å². The average Bonchev–Trinajstić information content (AvgIpc) is 2.37. The van der Waals surface area contributed by atoms with Gasteiger partial charge in [-0.1, -0.05) is 37.6 Å². The molecular formula is C17H27NO2S. The highest BCUT2D eigenvalue weighted by Gasteiger charge is 2.27. The lowest BCUT2D eigenvalue weighted by molar-refractivity contribution is 0.419. The van der Waals surface area contributed by atoms with Gasteiger partial charge in [-0.25, -0.2) is 8.42 Å². The van der Waals surface area contributed by atoms with Crippen molar-refractivity contribution in [2.24, 2.45) is 0 Å². The second-order valence-electron chi connectivity index (χ2n) is 6.26. The molecule has 1 saturated carbocycles. The van der Waals surface area contributed by atoms with Crippen molar-refractivity contribution in [1.82, 2.24) is 5.32 Å². The zero-order chi connectivity index (χ0) is 15.5. The van der Waals surface area contributed by atoms with Crippen LogP contribution in [0.3, 0.4) is 0 Å². The fourth-order valence-electron chi connectivity index (χ4n) is 2.82. The summed E-state index contributed by atoms with van der Waals surface area (Å²) in [5.41, 5.74) is 2.47. The number of rotatable bonds is 7. The van der Waals surface area contributed by atoms with E-state index < -0.39 is 15.1 Å². The zero-order valence-corrected chi connectivity index (χ0v) is 14.1. The monoisotopic (exact) mass is 309 g/mol. The van der Waals surface area contributed by atoms with Crippen LogP contribution in [0.4, 0.5) is 0 Å². The van der Waals surface area contributed by atoms with Gasteiger partial charge >= 0.3 is 0 Å². The Kier molecular flexibility index (Phi) is 5.44. The molecule has 0 aromatic heterocycles. The van der Waals surface area contributed by atoms with Crippen LogP contribution >= 0.6 is 0 Å². The summed E-state index contributed by atoms with van der Waals surface area (Å²) in [6.45, 7) is 4.71. The smallest absolute Gasteiger partial charge is 0.151 e. The minimum Gasteiger partial charge on any atom is -0.309 e. The molecule has 2 unspecified atom stereocenters. The predicted octanol–water partition coefficient (Wildman–Crippen LogP) is 3.43. The zero-order valence-electron chi connectivity index (χ0n) is 13.3. The largest absolute Gasteiger partial charge is 0.309 e. The Morgan fingerprint density at radius 3 is 2.29 bits per heavy atom.